The summed E-state index contributed by atoms with van der Waals surface area (Å²) in [6.07, 6.45) is 4.78. The fourth-order valence-corrected chi connectivity index (χ4v) is 2.74. The Morgan fingerprint density at radius 2 is 2.00 bits per heavy atom. The highest BCUT2D eigenvalue weighted by Crippen LogP contribution is 2.28. The summed E-state index contributed by atoms with van der Waals surface area (Å²) >= 11 is 0. The fraction of sp³-hybridized carbons (Fsp3) is 0.294. The standard InChI is InChI=1S/C17H17N3/c1-3-12-8-16(18-2)17(19-11-12)20-15-9-13-6-4-5-7-14(13)10-15/h4-8,11,15H,3,9-10H2,1H3,(H,19,20). The van der Waals surface area contributed by atoms with Gasteiger partial charge in [0.2, 0.25) is 5.69 Å². The van der Waals surface area contributed by atoms with Gasteiger partial charge in [0.25, 0.3) is 0 Å². The van der Waals surface area contributed by atoms with Gasteiger partial charge in [-0.25, -0.2) is 4.85 Å². The molecule has 0 fully saturated rings. The topological polar surface area (TPSA) is 29.3 Å². The molecule has 1 N–H and O–H groups in total. The van der Waals surface area contributed by atoms with Crippen LogP contribution in [0, 0.1) is 6.57 Å². The molecule has 1 heterocycles. The van der Waals surface area contributed by atoms with Crippen LogP contribution in [-0.2, 0) is 19.3 Å². The molecule has 0 aliphatic heterocycles. The second-order valence-corrected chi connectivity index (χ2v) is 5.19. The largest absolute Gasteiger partial charge is 0.375 e. The monoisotopic (exact) mass is 263 g/mol. The van der Waals surface area contributed by atoms with E-state index >= 15 is 0 Å². The number of benzene rings is 1. The summed E-state index contributed by atoms with van der Waals surface area (Å²) in [5, 5.41) is 3.43. The van der Waals surface area contributed by atoms with E-state index in [9.17, 15) is 0 Å². The summed E-state index contributed by atoms with van der Waals surface area (Å²) in [6.45, 7) is 9.38. The number of rotatable bonds is 3. The first-order chi connectivity index (χ1) is 9.80. The van der Waals surface area contributed by atoms with Gasteiger partial charge in [-0.2, -0.15) is 0 Å². The molecule has 0 amide bonds. The quantitative estimate of drug-likeness (QED) is 0.854. The van der Waals surface area contributed by atoms with Gasteiger partial charge in [0.1, 0.15) is 5.82 Å². The van der Waals surface area contributed by atoms with Gasteiger partial charge in [-0.05, 0) is 42.0 Å². The van der Waals surface area contributed by atoms with Gasteiger partial charge >= 0.3 is 0 Å². The van der Waals surface area contributed by atoms with Crippen LogP contribution in [0.15, 0.2) is 36.5 Å². The van der Waals surface area contributed by atoms with Crippen molar-refractivity contribution in [2.24, 2.45) is 0 Å². The third-order valence-electron chi connectivity index (χ3n) is 3.84. The second kappa shape index (κ2) is 5.34. The van der Waals surface area contributed by atoms with Crippen LogP contribution in [0.2, 0.25) is 0 Å². The van der Waals surface area contributed by atoms with Crippen molar-refractivity contribution >= 4 is 11.5 Å². The van der Waals surface area contributed by atoms with Gasteiger partial charge in [0.15, 0.2) is 0 Å². The highest BCUT2D eigenvalue weighted by molar-refractivity contribution is 5.66. The van der Waals surface area contributed by atoms with E-state index in [1.165, 1.54) is 11.1 Å². The van der Waals surface area contributed by atoms with Crippen LogP contribution >= 0.6 is 0 Å². The van der Waals surface area contributed by atoms with E-state index in [1.54, 1.807) is 0 Å². The minimum absolute atomic E-state index is 0.341. The number of nitrogens with zero attached hydrogens (tertiary/aromatic N) is 2. The Kier molecular flexibility index (Phi) is 3.39. The zero-order valence-corrected chi connectivity index (χ0v) is 11.6. The zero-order chi connectivity index (χ0) is 13.9. The summed E-state index contributed by atoms with van der Waals surface area (Å²) in [5.74, 6) is 0.718. The lowest BCUT2D eigenvalue weighted by atomic mass is 10.1. The Labute approximate surface area is 119 Å². The Hall–Kier alpha value is -2.34. The zero-order valence-electron chi connectivity index (χ0n) is 11.6. The molecule has 0 saturated carbocycles. The van der Waals surface area contributed by atoms with Gasteiger partial charge in [0.05, 0.1) is 6.57 Å². The molecule has 3 nitrogen and oxygen atoms in total. The first-order valence-electron chi connectivity index (χ1n) is 7.00. The lowest BCUT2D eigenvalue weighted by molar-refractivity contribution is 0.769. The second-order valence-electron chi connectivity index (χ2n) is 5.19. The van der Waals surface area contributed by atoms with E-state index in [2.05, 4.69) is 46.3 Å². The third-order valence-corrected chi connectivity index (χ3v) is 3.84. The molecule has 100 valence electrons. The van der Waals surface area contributed by atoms with Gasteiger partial charge in [-0.3, -0.25) is 4.98 Å². The summed E-state index contributed by atoms with van der Waals surface area (Å²) in [4.78, 5) is 8.02. The average Bonchev–Trinajstić information content (AvgIpc) is 2.90. The maximum atomic E-state index is 7.30. The number of pyridine rings is 1. The van der Waals surface area contributed by atoms with Crippen LogP contribution in [-0.4, -0.2) is 11.0 Å². The molecule has 3 heteroatoms. The van der Waals surface area contributed by atoms with Crippen LogP contribution in [0.1, 0.15) is 23.6 Å². The molecule has 1 aromatic heterocycles. The number of nitrogens with one attached hydrogen (secondary N) is 1. The van der Waals surface area contributed by atoms with E-state index in [1.807, 2.05) is 12.3 Å². The smallest absolute Gasteiger partial charge is 0.228 e. The molecular formula is C17H17N3. The Morgan fingerprint density at radius 3 is 2.60 bits per heavy atom. The van der Waals surface area contributed by atoms with E-state index in [0.717, 1.165) is 30.6 Å². The summed E-state index contributed by atoms with van der Waals surface area (Å²) < 4.78 is 0. The molecule has 0 saturated heterocycles. The fourth-order valence-electron chi connectivity index (χ4n) is 2.74. The maximum absolute atomic E-state index is 7.30. The third kappa shape index (κ3) is 2.37. The van der Waals surface area contributed by atoms with Gasteiger partial charge < -0.3 is 5.32 Å². The maximum Gasteiger partial charge on any atom is 0.228 e. The first kappa shape index (κ1) is 12.7. The first-order valence-corrected chi connectivity index (χ1v) is 7.00. The lowest BCUT2D eigenvalue weighted by Crippen LogP contribution is -2.20. The van der Waals surface area contributed by atoms with Crippen molar-refractivity contribution < 1.29 is 0 Å². The average molecular weight is 263 g/mol. The molecular weight excluding hydrogens is 246 g/mol. The lowest BCUT2D eigenvalue weighted by Gasteiger charge is -2.14. The number of anilines is 1. The van der Waals surface area contributed by atoms with Crippen molar-refractivity contribution in [3.05, 3.63) is 64.6 Å². The summed E-state index contributed by atoms with van der Waals surface area (Å²) in [6, 6.07) is 10.8. The van der Waals surface area contributed by atoms with E-state index in [4.69, 9.17) is 6.57 Å². The molecule has 0 bridgehead atoms. The van der Waals surface area contributed by atoms with Crippen molar-refractivity contribution in [3.8, 4) is 0 Å². The summed E-state index contributed by atoms with van der Waals surface area (Å²) in [7, 11) is 0. The predicted octanol–water partition coefficient (Wildman–Crippen LogP) is 3.77. The number of hydrogen-bond acceptors (Lipinski definition) is 2. The van der Waals surface area contributed by atoms with E-state index < -0.39 is 0 Å². The molecule has 1 aromatic carbocycles. The Balaban J connectivity index is 1.79. The Morgan fingerprint density at radius 1 is 1.30 bits per heavy atom. The number of aromatic nitrogens is 1. The molecule has 0 atom stereocenters. The predicted molar refractivity (Wildman–Crippen MR) is 81.1 cm³/mol. The number of aryl methyl sites for hydroxylation is 1. The van der Waals surface area contributed by atoms with Crippen molar-refractivity contribution in [1.82, 2.24) is 4.98 Å². The number of fused-ring (bicyclic) bond motifs is 1. The molecule has 2 aromatic rings. The van der Waals surface area contributed by atoms with Gasteiger partial charge in [-0.1, -0.05) is 31.2 Å². The minimum atomic E-state index is 0.341. The summed E-state index contributed by atoms with van der Waals surface area (Å²) in [5.41, 5.74) is 4.54. The van der Waals surface area contributed by atoms with E-state index in [-0.39, 0.29) is 0 Å². The molecule has 3 rings (SSSR count). The van der Waals surface area contributed by atoms with Crippen LogP contribution in [0.3, 0.4) is 0 Å². The van der Waals surface area contributed by atoms with Crippen LogP contribution < -0.4 is 5.32 Å². The molecule has 0 radical (unpaired) electrons. The van der Waals surface area contributed by atoms with Crippen LogP contribution in [0.5, 0.6) is 0 Å². The molecule has 1 aliphatic rings. The van der Waals surface area contributed by atoms with Crippen molar-refractivity contribution in [3.63, 3.8) is 0 Å². The number of hydrogen-bond donors (Lipinski definition) is 1. The van der Waals surface area contributed by atoms with E-state index in [0.29, 0.717) is 11.7 Å². The molecule has 0 unspecified atom stereocenters. The normalized spacial score (nSPS) is 13.8. The highest BCUT2D eigenvalue weighted by atomic mass is 15.0. The van der Waals surface area contributed by atoms with Gasteiger partial charge in [-0.15, -0.1) is 0 Å². The minimum Gasteiger partial charge on any atom is -0.375 e. The SMILES string of the molecule is [C-]#[N+]c1cc(CC)cnc1NC1Cc2ccccc2C1. The molecule has 0 spiro atoms. The molecule has 1 aliphatic carbocycles. The Bertz CT molecular complexity index is 645. The highest BCUT2D eigenvalue weighted by Gasteiger charge is 2.21. The van der Waals surface area contributed by atoms with Gasteiger partial charge in [0, 0.05) is 12.2 Å². The van der Waals surface area contributed by atoms with Crippen molar-refractivity contribution in [2.75, 3.05) is 5.32 Å². The van der Waals surface area contributed by atoms with Crippen molar-refractivity contribution in [1.29, 1.82) is 0 Å². The van der Waals surface area contributed by atoms with Crippen molar-refractivity contribution in [2.45, 2.75) is 32.2 Å². The van der Waals surface area contributed by atoms with Crippen LogP contribution in [0.4, 0.5) is 11.5 Å². The van der Waals surface area contributed by atoms with Crippen LogP contribution in [0.25, 0.3) is 4.85 Å². The molecule has 20 heavy (non-hydrogen) atoms.